The summed E-state index contributed by atoms with van der Waals surface area (Å²) in [5.41, 5.74) is 8.10. The summed E-state index contributed by atoms with van der Waals surface area (Å²) in [6.07, 6.45) is 7.56. The number of hydrogen-bond acceptors (Lipinski definition) is 1. The first kappa shape index (κ1) is 13.9. The van der Waals surface area contributed by atoms with Crippen LogP contribution in [-0.4, -0.2) is 18.5 Å². The molecule has 0 saturated heterocycles. The molecule has 0 bridgehead atoms. The Morgan fingerprint density at radius 3 is 2.55 bits per heavy atom. The summed E-state index contributed by atoms with van der Waals surface area (Å²) in [7, 11) is 2.24. The van der Waals surface area contributed by atoms with Crippen LogP contribution in [0.3, 0.4) is 0 Å². The summed E-state index contributed by atoms with van der Waals surface area (Å²) >= 11 is 0. The van der Waals surface area contributed by atoms with E-state index in [1.54, 1.807) is 22.3 Å². The van der Waals surface area contributed by atoms with Crippen LogP contribution in [0.2, 0.25) is 0 Å². The molecule has 0 radical (unpaired) electrons. The Bertz CT molecular complexity index is 546. The molecule has 0 unspecified atom stereocenters. The summed E-state index contributed by atoms with van der Waals surface area (Å²) < 4.78 is 0. The standard InChI is InChI=1S/C19H27N/c1-19(2,3)16-11-15-13-20(4)10-9-17(15)18(12-16)14-7-5-6-8-14/h7,11-12H,5-6,8-10,13H2,1-4H3. The maximum Gasteiger partial charge on any atom is 0.0233 e. The van der Waals surface area contributed by atoms with E-state index >= 15 is 0 Å². The minimum atomic E-state index is 0.235. The van der Waals surface area contributed by atoms with E-state index < -0.39 is 0 Å². The van der Waals surface area contributed by atoms with E-state index in [4.69, 9.17) is 0 Å². The van der Waals surface area contributed by atoms with Gasteiger partial charge in [0.1, 0.15) is 0 Å². The van der Waals surface area contributed by atoms with E-state index in [9.17, 15) is 0 Å². The predicted molar refractivity (Wildman–Crippen MR) is 87.0 cm³/mol. The fourth-order valence-corrected chi connectivity index (χ4v) is 3.48. The first-order valence-electron chi connectivity index (χ1n) is 7.99. The van der Waals surface area contributed by atoms with Gasteiger partial charge in [-0.3, -0.25) is 0 Å². The number of hydrogen-bond donors (Lipinski definition) is 0. The molecule has 1 heterocycles. The largest absolute Gasteiger partial charge is 0.302 e. The summed E-state index contributed by atoms with van der Waals surface area (Å²) in [6, 6.07) is 4.95. The molecule has 1 aromatic carbocycles. The second-order valence-corrected chi connectivity index (χ2v) is 7.52. The molecule has 1 aliphatic heterocycles. The third-order valence-electron chi connectivity index (χ3n) is 4.78. The molecule has 20 heavy (non-hydrogen) atoms. The van der Waals surface area contributed by atoms with Crippen LogP contribution in [0.4, 0.5) is 0 Å². The van der Waals surface area contributed by atoms with Crippen molar-refractivity contribution in [3.8, 4) is 0 Å². The van der Waals surface area contributed by atoms with Crippen molar-refractivity contribution in [3.63, 3.8) is 0 Å². The van der Waals surface area contributed by atoms with Crippen molar-refractivity contribution >= 4 is 5.57 Å². The van der Waals surface area contributed by atoms with E-state index in [1.165, 1.54) is 37.8 Å². The van der Waals surface area contributed by atoms with E-state index in [1.807, 2.05) is 0 Å². The first-order chi connectivity index (χ1) is 9.45. The van der Waals surface area contributed by atoms with Gasteiger partial charge in [-0.1, -0.05) is 39.0 Å². The lowest BCUT2D eigenvalue weighted by molar-refractivity contribution is 0.312. The zero-order valence-electron chi connectivity index (χ0n) is 13.4. The lowest BCUT2D eigenvalue weighted by Gasteiger charge is -2.30. The first-order valence-corrected chi connectivity index (χ1v) is 7.99. The zero-order valence-corrected chi connectivity index (χ0v) is 13.4. The van der Waals surface area contributed by atoms with Crippen molar-refractivity contribution in [1.82, 2.24) is 4.90 Å². The maximum absolute atomic E-state index is 2.49. The van der Waals surface area contributed by atoms with Crippen LogP contribution in [0.5, 0.6) is 0 Å². The highest BCUT2D eigenvalue weighted by Crippen LogP contribution is 2.37. The molecular formula is C19H27N. The van der Waals surface area contributed by atoms with Crippen molar-refractivity contribution in [2.75, 3.05) is 13.6 Å². The SMILES string of the molecule is CN1CCc2c(cc(C(C)(C)C)cc2C2=CCCC2)C1. The van der Waals surface area contributed by atoms with Gasteiger partial charge in [-0.25, -0.2) is 0 Å². The lowest BCUT2D eigenvalue weighted by atomic mass is 9.80. The quantitative estimate of drug-likeness (QED) is 0.723. The molecule has 0 saturated carbocycles. The van der Waals surface area contributed by atoms with Crippen molar-refractivity contribution in [2.45, 2.75) is 58.4 Å². The Morgan fingerprint density at radius 2 is 1.90 bits per heavy atom. The van der Waals surface area contributed by atoms with Gasteiger partial charge in [0.15, 0.2) is 0 Å². The molecule has 0 N–H and O–H groups in total. The maximum atomic E-state index is 2.49. The second-order valence-electron chi connectivity index (χ2n) is 7.52. The lowest BCUT2D eigenvalue weighted by Crippen LogP contribution is -2.28. The molecule has 108 valence electrons. The highest BCUT2D eigenvalue weighted by molar-refractivity contribution is 5.72. The third kappa shape index (κ3) is 2.56. The van der Waals surface area contributed by atoms with Gasteiger partial charge in [-0.05, 0) is 66.0 Å². The van der Waals surface area contributed by atoms with Crippen LogP contribution < -0.4 is 0 Å². The molecule has 0 atom stereocenters. The van der Waals surface area contributed by atoms with Crippen LogP contribution in [0.1, 0.15) is 62.3 Å². The Hall–Kier alpha value is -1.08. The normalized spacial score (nSPS) is 19.9. The number of rotatable bonds is 1. The minimum Gasteiger partial charge on any atom is -0.302 e. The molecule has 0 aromatic heterocycles. The van der Waals surface area contributed by atoms with Crippen molar-refractivity contribution in [2.24, 2.45) is 0 Å². The van der Waals surface area contributed by atoms with Crippen LogP contribution >= 0.6 is 0 Å². The van der Waals surface area contributed by atoms with Crippen LogP contribution in [-0.2, 0) is 18.4 Å². The summed E-state index contributed by atoms with van der Waals surface area (Å²) in [6.45, 7) is 9.29. The fraction of sp³-hybridized carbons (Fsp3) is 0.579. The number of allylic oxidation sites excluding steroid dienone is 2. The minimum absolute atomic E-state index is 0.235. The Labute approximate surface area is 123 Å². The van der Waals surface area contributed by atoms with Gasteiger partial charge in [-0.2, -0.15) is 0 Å². The molecule has 1 aromatic rings. The molecular weight excluding hydrogens is 242 g/mol. The van der Waals surface area contributed by atoms with Gasteiger partial charge in [0.25, 0.3) is 0 Å². The molecule has 1 nitrogen and oxygen atoms in total. The highest BCUT2D eigenvalue weighted by atomic mass is 15.1. The average molecular weight is 269 g/mol. The number of benzene rings is 1. The molecule has 0 amide bonds. The molecule has 0 fully saturated rings. The van der Waals surface area contributed by atoms with Gasteiger partial charge in [0, 0.05) is 13.1 Å². The van der Waals surface area contributed by atoms with Crippen LogP contribution in [0.25, 0.3) is 5.57 Å². The van der Waals surface area contributed by atoms with E-state index in [-0.39, 0.29) is 5.41 Å². The Morgan fingerprint density at radius 1 is 1.10 bits per heavy atom. The number of nitrogens with zero attached hydrogens (tertiary/aromatic N) is 1. The van der Waals surface area contributed by atoms with Gasteiger partial charge in [0.05, 0.1) is 0 Å². The van der Waals surface area contributed by atoms with Gasteiger partial charge >= 0.3 is 0 Å². The second kappa shape index (κ2) is 5.04. The molecule has 3 rings (SSSR count). The van der Waals surface area contributed by atoms with Gasteiger partial charge in [-0.15, -0.1) is 0 Å². The van der Waals surface area contributed by atoms with Crippen LogP contribution in [0.15, 0.2) is 18.2 Å². The van der Waals surface area contributed by atoms with Crippen LogP contribution in [0, 0.1) is 0 Å². The Kier molecular flexibility index (Phi) is 3.50. The van der Waals surface area contributed by atoms with Crippen molar-refractivity contribution in [1.29, 1.82) is 0 Å². The topological polar surface area (TPSA) is 3.24 Å². The van der Waals surface area contributed by atoms with E-state index in [2.05, 4.69) is 50.9 Å². The fourth-order valence-electron chi connectivity index (χ4n) is 3.48. The molecule has 2 aliphatic rings. The monoisotopic (exact) mass is 269 g/mol. The number of likely N-dealkylation sites (N-methyl/N-ethyl adjacent to an activating group) is 1. The molecule has 1 heteroatoms. The molecule has 0 spiro atoms. The van der Waals surface area contributed by atoms with Crippen molar-refractivity contribution < 1.29 is 0 Å². The zero-order chi connectivity index (χ0) is 14.3. The third-order valence-corrected chi connectivity index (χ3v) is 4.78. The smallest absolute Gasteiger partial charge is 0.0233 e. The Balaban J connectivity index is 2.13. The van der Waals surface area contributed by atoms with Gasteiger partial charge < -0.3 is 4.90 Å². The molecule has 1 aliphatic carbocycles. The van der Waals surface area contributed by atoms with Gasteiger partial charge in [0.2, 0.25) is 0 Å². The summed E-state index contributed by atoms with van der Waals surface area (Å²) in [5.74, 6) is 0. The number of fused-ring (bicyclic) bond motifs is 1. The van der Waals surface area contributed by atoms with E-state index in [0.29, 0.717) is 0 Å². The average Bonchev–Trinajstić information content (AvgIpc) is 2.89. The predicted octanol–water partition coefficient (Wildman–Crippen LogP) is 4.54. The van der Waals surface area contributed by atoms with Crippen molar-refractivity contribution in [3.05, 3.63) is 40.5 Å². The van der Waals surface area contributed by atoms with E-state index in [0.717, 1.165) is 6.54 Å². The summed E-state index contributed by atoms with van der Waals surface area (Å²) in [5, 5.41) is 0. The summed E-state index contributed by atoms with van der Waals surface area (Å²) in [4.78, 5) is 2.45. The highest BCUT2D eigenvalue weighted by Gasteiger charge is 2.23.